The van der Waals surface area contributed by atoms with Crippen LogP contribution in [0.3, 0.4) is 0 Å². The van der Waals surface area contributed by atoms with Gasteiger partial charge in [0.2, 0.25) is 0 Å². The first-order valence-electron chi connectivity index (χ1n) is 11.2. The Morgan fingerprint density at radius 2 is 1.83 bits per heavy atom. The van der Waals surface area contributed by atoms with E-state index >= 15 is 0 Å². The smallest absolute Gasteiger partial charge is 0.289 e. The molecule has 9 heteroatoms. The average Bonchev–Trinajstić information content (AvgIpc) is 3.58. The van der Waals surface area contributed by atoms with Gasteiger partial charge in [-0.3, -0.25) is 4.79 Å². The van der Waals surface area contributed by atoms with Crippen molar-refractivity contribution in [3.63, 3.8) is 0 Å². The predicted molar refractivity (Wildman–Crippen MR) is 132 cm³/mol. The molecule has 1 saturated heterocycles. The van der Waals surface area contributed by atoms with E-state index in [-0.39, 0.29) is 11.7 Å². The molecule has 2 aromatic heterocycles. The fourth-order valence-corrected chi connectivity index (χ4v) is 4.68. The summed E-state index contributed by atoms with van der Waals surface area (Å²) in [5.74, 6) is 1.27. The zero-order valence-electron chi connectivity index (χ0n) is 19.1. The molecular weight excluding hydrogens is 469 g/mol. The Balaban J connectivity index is 1.42. The number of ether oxygens (including phenoxy) is 2. The number of thiazole rings is 1. The van der Waals surface area contributed by atoms with Crippen LogP contribution in [0, 0.1) is 5.82 Å². The van der Waals surface area contributed by atoms with Crippen LogP contribution in [-0.2, 0) is 11.3 Å². The molecule has 0 bridgehead atoms. The molecule has 3 heterocycles. The minimum absolute atomic E-state index is 0.136. The van der Waals surface area contributed by atoms with Crippen LogP contribution in [0.4, 0.5) is 15.2 Å². The van der Waals surface area contributed by atoms with Crippen LogP contribution in [0.5, 0.6) is 5.75 Å². The first kappa shape index (κ1) is 23.1. The van der Waals surface area contributed by atoms with Crippen molar-refractivity contribution < 1.29 is 23.1 Å². The highest BCUT2D eigenvalue weighted by molar-refractivity contribution is 7.14. The highest BCUT2D eigenvalue weighted by atomic mass is 32.1. The fourth-order valence-electron chi connectivity index (χ4n) is 3.83. The van der Waals surface area contributed by atoms with Crippen LogP contribution in [0.15, 0.2) is 70.5 Å². The first-order chi connectivity index (χ1) is 17.1. The summed E-state index contributed by atoms with van der Waals surface area (Å²) in [7, 11) is 1.62. The Morgan fingerprint density at radius 1 is 1.09 bits per heavy atom. The third-order valence-corrected chi connectivity index (χ3v) is 6.60. The average molecular weight is 494 g/mol. The van der Waals surface area contributed by atoms with Gasteiger partial charge in [-0.05, 0) is 60.7 Å². The number of anilines is 2. The molecule has 0 atom stereocenters. The van der Waals surface area contributed by atoms with E-state index in [1.54, 1.807) is 30.2 Å². The van der Waals surface area contributed by atoms with Gasteiger partial charge in [-0.1, -0.05) is 0 Å². The molecular formula is C26H24FN3O4S. The lowest BCUT2D eigenvalue weighted by Crippen LogP contribution is -2.40. The molecule has 1 aliphatic rings. The monoisotopic (exact) mass is 493 g/mol. The second-order valence-electron chi connectivity index (χ2n) is 7.98. The number of morpholine rings is 1. The number of halogens is 1. The molecule has 0 spiro atoms. The van der Waals surface area contributed by atoms with Crippen molar-refractivity contribution in [2.75, 3.05) is 38.3 Å². The highest BCUT2D eigenvalue weighted by Gasteiger charge is 2.23. The molecule has 7 nitrogen and oxygen atoms in total. The second-order valence-corrected chi connectivity index (χ2v) is 8.81. The number of hydrogen-bond acceptors (Lipinski definition) is 7. The summed E-state index contributed by atoms with van der Waals surface area (Å²) in [6, 6.07) is 17.4. The maximum atomic E-state index is 13.4. The summed E-state index contributed by atoms with van der Waals surface area (Å²) >= 11 is 1.48. The lowest BCUT2D eigenvalue weighted by Gasteiger charge is -2.25. The first-order valence-corrected chi connectivity index (χ1v) is 12.1. The molecule has 2 aromatic carbocycles. The Labute approximate surface area is 206 Å². The van der Waals surface area contributed by atoms with Crippen molar-refractivity contribution in [2.45, 2.75) is 6.54 Å². The van der Waals surface area contributed by atoms with E-state index in [2.05, 4.69) is 0 Å². The lowest BCUT2D eigenvalue weighted by molar-refractivity contribution is 0.0282. The SMILES string of the molecule is COc1ccc(N(Cc2ccc(C(=O)N3CCOCC3)o2)c2nc(-c3ccc(F)cc3)cs2)cc1. The number of methoxy groups -OCH3 is 1. The van der Waals surface area contributed by atoms with Crippen LogP contribution in [-0.4, -0.2) is 49.2 Å². The van der Waals surface area contributed by atoms with Crippen LogP contribution in [0.1, 0.15) is 16.3 Å². The fraction of sp³-hybridized carbons (Fsp3) is 0.231. The van der Waals surface area contributed by atoms with Gasteiger partial charge in [0.05, 0.1) is 32.6 Å². The Morgan fingerprint density at radius 3 is 2.54 bits per heavy atom. The summed E-state index contributed by atoms with van der Waals surface area (Å²) in [5, 5.41) is 2.68. The topological polar surface area (TPSA) is 68.0 Å². The molecule has 1 fully saturated rings. The molecule has 0 unspecified atom stereocenters. The minimum atomic E-state index is -0.288. The molecule has 0 saturated carbocycles. The molecule has 0 radical (unpaired) electrons. The van der Waals surface area contributed by atoms with Crippen molar-refractivity contribution >= 4 is 28.1 Å². The number of aromatic nitrogens is 1. The van der Waals surface area contributed by atoms with E-state index in [4.69, 9.17) is 18.9 Å². The summed E-state index contributed by atoms with van der Waals surface area (Å²) in [5.41, 5.74) is 2.48. The summed E-state index contributed by atoms with van der Waals surface area (Å²) < 4.78 is 30.0. The number of amides is 1. The number of furan rings is 1. The maximum Gasteiger partial charge on any atom is 0.289 e. The number of benzene rings is 2. The molecule has 180 valence electrons. The van der Waals surface area contributed by atoms with Gasteiger partial charge in [-0.15, -0.1) is 11.3 Å². The van der Waals surface area contributed by atoms with Gasteiger partial charge in [0.25, 0.3) is 5.91 Å². The summed E-state index contributed by atoms with van der Waals surface area (Å²) in [6.07, 6.45) is 0. The molecule has 0 N–H and O–H groups in total. The van der Waals surface area contributed by atoms with Crippen molar-refractivity contribution in [1.82, 2.24) is 9.88 Å². The maximum absolute atomic E-state index is 13.4. The van der Waals surface area contributed by atoms with E-state index < -0.39 is 0 Å². The number of carbonyl (C=O) groups is 1. The van der Waals surface area contributed by atoms with Crippen LogP contribution in [0.25, 0.3) is 11.3 Å². The molecule has 4 aromatic rings. The van der Waals surface area contributed by atoms with Crippen molar-refractivity contribution in [3.8, 4) is 17.0 Å². The quantitative estimate of drug-likeness (QED) is 0.345. The largest absolute Gasteiger partial charge is 0.497 e. The zero-order valence-corrected chi connectivity index (χ0v) is 20.0. The van der Waals surface area contributed by atoms with Gasteiger partial charge in [-0.25, -0.2) is 9.37 Å². The highest BCUT2D eigenvalue weighted by Crippen LogP contribution is 2.34. The summed E-state index contributed by atoms with van der Waals surface area (Å²) in [6.45, 7) is 2.55. The van der Waals surface area contributed by atoms with E-state index in [9.17, 15) is 9.18 Å². The third-order valence-electron chi connectivity index (χ3n) is 5.73. The standard InChI is InChI=1S/C26H24FN3O4S/c1-32-21-8-6-20(7-9-21)30(26-28-23(17-35-26)18-2-4-19(27)5-3-18)16-22-10-11-24(34-22)25(31)29-12-14-33-15-13-29/h2-11,17H,12-16H2,1H3. The van der Waals surface area contributed by atoms with E-state index in [1.165, 1.54) is 23.5 Å². The number of carbonyl (C=O) groups excluding carboxylic acids is 1. The molecule has 5 rings (SSSR count). The third kappa shape index (κ3) is 5.21. The zero-order chi connectivity index (χ0) is 24.2. The van der Waals surface area contributed by atoms with Gasteiger partial charge < -0.3 is 23.7 Å². The Kier molecular flexibility index (Phi) is 6.78. The Bertz CT molecular complexity index is 1280. The van der Waals surface area contributed by atoms with Gasteiger partial charge in [-0.2, -0.15) is 0 Å². The normalized spacial score (nSPS) is 13.6. The van der Waals surface area contributed by atoms with E-state index in [0.29, 0.717) is 44.4 Å². The summed E-state index contributed by atoms with van der Waals surface area (Å²) in [4.78, 5) is 21.4. The van der Waals surface area contributed by atoms with Gasteiger partial charge in [0, 0.05) is 29.7 Å². The van der Waals surface area contributed by atoms with E-state index in [0.717, 1.165) is 27.8 Å². The second kappa shape index (κ2) is 10.3. The number of hydrogen-bond donors (Lipinski definition) is 0. The van der Waals surface area contributed by atoms with Crippen molar-refractivity contribution in [2.24, 2.45) is 0 Å². The van der Waals surface area contributed by atoms with Crippen molar-refractivity contribution in [1.29, 1.82) is 0 Å². The minimum Gasteiger partial charge on any atom is -0.497 e. The number of rotatable bonds is 7. The Hall–Kier alpha value is -3.69. The molecule has 1 aliphatic heterocycles. The molecule has 1 amide bonds. The van der Waals surface area contributed by atoms with Crippen LogP contribution >= 0.6 is 11.3 Å². The lowest BCUT2D eigenvalue weighted by atomic mass is 10.2. The molecule has 35 heavy (non-hydrogen) atoms. The van der Waals surface area contributed by atoms with Gasteiger partial charge in [0.1, 0.15) is 17.3 Å². The number of nitrogens with zero attached hydrogens (tertiary/aromatic N) is 3. The van der Waals surface area contributed by atoms with Crippen molar-refractivity contribution in [3.05, 3.63) is 83.4 Å². The molecule has 0 aliphatic carbocycles. The van der Waals surface area contributed by atoms with Gasteiger partial charge in [0.15, 0.2) is 10.9 Å². The van der Waals surface area contributed by atoms with E-state index in [1.807, 2.05) is 40.6 Å². The van der Waals surface area contributed by atoms with Crippen LogP contribution in [0.2, 0.25) is 0 Å². The van der Waals surface area contributed by atoms with Crippen LogP contribution < -0.4 is 9.64 Å². The van der Waals surface area contributed by atoms with Gasteiger partial charge >= 0.3 is 0 Å². The predicted octanol–water partition coefficient (Wildman–Crippen LogP) is 5.36.